The van der Waals surface area contributed by atoms with Crippen molar-refractivity contribution in [3.8, 4) is 11.5 Å². The van der Waals surface area contributed by atoms with Gasteiger partial charge in [0, 0.05) is 18.5 Å². The summed E-state index contributed by atoms with van der Waals surface area (Å²) < 4.78 is 5.09. The van der Waals surface area contributed by atoms with Crippen molar-refractivity contribution >= 4 is 17.2 Å². The van der Waals surface area contributed by atoms with E-state index in [4.69, 9.17) is 4.74 Å². The van der Waals surface area contributed by atoms with Crippen LogP contribution in [0.3, 0.4) is 0 Å². The molecule has 20 heavy (non-hydrogen) atoms. The molecule has 0 aliphatic carbocycles. The number of carbonyl (C=O) groups is 1. The zero-order valence-electron chi connectivity index (χ0n) is 11.7. The van der Waals surface area contributed by atoms with Gasteiger partial charge < -0.3 is 14.7 Å². The Balaban J connectivity index is 2.15. The molecule has 0 saturated carbocycles. The lowest BCUT2D eigenvalue weighted by Crippen LogP contribution is -2.29. The van der Waals surface area contributed by atoms with Crippen LogP contribution in [0.4, 0.5) is 0 Å². The third-order valence-corrected chi connectivity index (χ3v) is 4.20. The molecular weight excluding hydrogens is 274 g/mol. The smallest absolute Gasteiger partial charge is 0.264 e. The number of phenols is 1. The van der Waals surface area contributed by atoms with Crippen molar-refractivity contribution in [2.45, 2.75) is 13.0 Å². The zero-order valence-corrected chi connectivity index (χ0v) is 12.5. The van der Waals surface area contributed by atoms with Gasteiger partial charge in [-0.1, -0.05) is 12.1 Å². The van der Waals surface area contributed by atoms with E-state index in [-0.39, 0.29) is 17.7 Å². The second-order valence-electron chi connectivity index (χ2n) is 4.53. The lowest BCUT2D eigenvalue weighted by Gasteiger charge is -2.24. The van der Waals surface area contributed by atoms with Gasteiger partial charge in [0.1, 0.15) is 11.5 Å². The first-order chi connectivity index (χ1) is 9.52. The molecule has 1 N–H and O–H groups in total. The monoisotopic (exact) mass is 291 g/mol. The average Bonchev–Trinajstić information content (AvgIpc) is 2.94. The Morgan fingerprint density at radius 3 is 2.55 bits per heavy atom. The Bertz CT molecular complexity index is 591. The van der Waals surface area contributed by atoms with Gasteiger partial charge in [-0.2, -0.15) is 0 Å². The van der Waals surface area contributed by atoms with E-state index in [1.54, 1.807) is 37.3 Å². The van der Waals surface area contributed by atoms with E-state index in [1.165, 1.54) is 11.3 Å². The first-order valence-electron chi connectivity index (χ1n) is 6.21. The van der Waals surface area contributed by atoms with Gasteiger partial charge in [-0.25, -0.2) is 0 Å². The van der Waals surface area contributed by atoms with E-state index >= 15 is 0 Å². The Kier molecular flexibility index (Phi) is 4.29. The number of thiophene rings is 1. The summed E-state index contributed by atoms with van der Waals surface area (Å²) in [6, 6.07) is 8.55. The van der Waals surface area contributed by atoms with Crippen LogP contribution >= 0.6 is 11.3 Å². The van der Waals surface area contributed by atoms with Gasteiger partial charge in [-0.3, -0.25) is 4.79 Å². The molecule has 106 valence electrons. The van der Waals surface area contributed by atoms with Crippen molar-refractivity contribution in [1.29, 1.82) is 0 Å². The summed E-state index contributed by atoms with van der Waals surface area (Å²) in [5, 5.41) is 11.1. The number of ether oxygens (including phenoxy) is 1. The number of carbonyl (C=O) groups excluding carboxylic acids is 1. The molecule has 1 heterocycles. The maximum atomic E-state index is 12.4. The van der Waals surface area contributed by atoms with Crippen LogP contribution in [-0.2, 0) is 0 Å². The maximum absolute atomic E-state index is 12.4. The molecule has 1 aromatic heterocycles. The summed E-state index contributed by atoms with van der Waals surface area (Å²) in [6.45, 7) is 1.95. The Labute approximate surface area is 122 Å². The molecule has 2 rings (SSSR count). The number of methoxy groups -OCH3 is 1. The number of nitrogens with zero attached hydrogens (tertiary/aromatic N) is 1. The molecule has 0 bridgehead atoms. The van der Waals surface area contributed by atoms with Crippen LogP contribution in [-0.4, -0.2) is 30.1 Å². The Morgan fingerprint density at radius 2 is 2.00 bits per heavy atom. The highest BCUT2D eigenvalue weighted by molar-refractivity contribution is 7.12. The zero-order chi connectivity index (χ0) is 14.7. The van der Waals surface area contributed by atoms with Gasteiger partial charge in [0.05, 0.1) is 18.0 Å². The number of amides is 1. The Hall–Kier alpha value is -2.01. The van der Waals surface area contributed by atoms with Crippen LogP contribution in [0, 0.1) is 0 Å². The normalized spacial score (nSPS) is 11.9. The second kappa shape index (κ2) is 5.96. The van der Waals surface area contributed by atoms with Crippen molar-refractivity contribution in [3.63, 3.8) is 0 Å². The molecule has 0 spiro atoms. The number of hydrogen-bond donors (Lipinski definition) is 1. The fourth-order valence-corrected chi connectivity index (χ4v) is 2.70. The van der Waals surface area contributed by atoms with Crippen LogP contribution in [0.1, 0.15) is 28.2 Å². The van der Waals surface area contributed by atoms with Gasteiger partial charge >= 0.3 is 0 Å². The largest absolute Gasteiger partial charge is 0.508 e. The van der Waals surface area contributed by atoms with Crippen LogP contribution in [0.2, 0.25) is 0 Å². The predicted molar refractivity (Wildman–Crippen MR) is 79.5 cm³/mol. The summed E-state index contributed by atoms with van der Waals surface area (Å²) >= 11 is 1.37. The highest BCUT2D eigenvalue weighted by Gasteiger charge is 2.20. The molecule has 0 saturated heterocycles. The third-order valence-electron chi connectivity index (χ3n) is 3.30. The molecule has 0 aliphatic heterocycles. The fourth-order valence-electron chi connectivity index (χ4n) is 1.86. The van der Waals surface area contributed by atoms with E-state index in [2.05, 4.69) is 0 Å². The molecule has 0 aliphatic rings. The highest BCUT2D eigenvalue weighted by Crippen LogP contribution is 2.26. The number of hydrogen-bond acceptors (Lipinski definition) is 4. The van der Waals surface area contributed by atoms with Crippen molar-refractivity contribution in [2.24, 2.45) is 0 Å². The van der Waals surface area contributed by atoms with E-state index in [1.807, 2.05) is 24.4 Å². The summed E-state index contributed by atoms with van der Waals surface area (Å²) in [7, 11) is 3.35. The average molecular weight is 291 g/mol. The quantitative estimate of drug-likeness (QED) is 0.940. The molecule has 1 atom stereocenters. The second-order valence-corrected chi connectivity index (χ2v) is 5.45. The van der Waals surface area contributed by atoms with E-state index in [9.17, 15) is 9.90 Å². The molecule has 0 fully saturated rings. The highest BCUT2D eigenvalue weighted by atomic mass is 32.1. The van der Waals surface area contributed by atoms with Gasteiger partial charge in [0.25, 0.3) is 5.91 Å². The molecule has 1 unspecified atom stereocenters. The number of benzene rings is 1. The lowest BCUT2D eigenvalue weighted by atomic mass is 10.1. The van der Waals surface area contributed by atoms with E-state index in [0.29, 0.717) is 10.6 Å². The SMILES string of the molecule is COc1csc(C(=O)N(C)C(C)c2ccc(O)cc2)c1. The number of rotatable bonds is 4. The molecule has 4 nitrogen and oxygen atoms in total. The minimum Gasteiger partial charge on any atom is -0.508 e. The Morgan fingerprint density at radius 1 is 1.35 bits per heavy atom. The minimum absolute atomic E-state index is 0.0427. The fraction of sp³-hybridized carbons (Fsp3) is 0.267. The van der Waals surface area contributed by atoms with Gasteiger partial charge in [0.15, 0.2) is 0 Å². The van der Waals surface area contributed by atoms with Crippen molar-refractivity contribution < 1.29 is 14.6 Å². The lowest BCUT2D eigenvalue weighted by molar-refractivity contribution is 0.0747. The van der Waals surface area contributed by atoms with Crippen molar-refractivity contribution in [1.82, 2.24) is 4.90 Å². The topological polar surface area (TPSA) is 49.8 Å². The molecule has 1 amide bonds. The third kappa shape index (κ3) is 2.93. The summed E-state index contributed by atoms with van der Waals surface area (Å²) in [4.78, 5) is 14.7. The standard InChI is InChI=1S/C15H17NO3S/c1-10(11-4-6-12(17)7-5-11)16(2)15(18)14-8-13(19-3)9-20-14/h4-10,17H,1-3H3. The van der Waals surface area contributed by atoms with E-state index in [0.717, 1.165) is 5.56 Å². The summed E-state index contributed by atoms with van der Waals surface area (Å²) in [6.07, 6.45) is 0. The van der Waals surface area contributed by atoms with Crippen LogP contribution in [0.25, 0.3) is 0 Å². The molecule has 1 aromatic carbocycles. The number of phenolic OH excluding ortho intramolecular Hbond substituents is 1. The van der Waals surface area contributed by atoms with Gasteiger partial charge in [0.2, 0.25) is 0 Å². The first-order valence-corrected chi connectivity index (χ1v) is 7.09. The minimum atomic E-state index is -0.0730. The van der Waals surface area contributed by atoms with Crippen molar-refractivity contribution in [2.75, 3.05) is 14.2 Å². The first kappa shape index (κ1) is 14.4. The van der Waals surface area contributed by atoms with Gasteiger partial charge in [-0.05, 0) is 24.6 Å². The summed E-state index contributed by atoms with van der Waals surface area (Å²) in [5.74, 6) is 0.876. The molecule has 5 heteroatoms. The molecule has 2 aromatic rings. The van der Waals surface area contributed by atoms with E-state index < -0.39 is 0 Å². The van der Waals surface area contributed by atoms with Crippen LogP contribution in [0.15, 0.2) is 35.7 Å². The molecular formula is C15H17NO3S. The predicted octanol–water partition coefficient (Wildman–Crippen LogP) is 3.30. The van der Waals surface area contributed by atoms with Crippen molar-refractivity contribution in [3.05, 3.63) is 46.2 Å². The van der Waals surface area contributed by atoms with Crippen LogP contribution in [0.5, 0.6) is 11.5 Å². The summed E-state index contributed by atoms with van der Waals surface area (Å²) in [5.41, 5.74) is 0.974. The molecule has 0 radical (unpaired) electrons. The maximum Gasteiger partial charge on any atom is 0.264 e. The van der Waals surface area contributed by atoms with Gasteiger partial charge in [-0.15, -0.1) is 11.3 Å². The van der Waals surface area contributed by atoms with Crippen LogP contribution < -0.4 is 4.74 Å². The number of aromatic hydroxyl groups is 1.